The number of carbonyl (C=O) groups excluding carboxylic acids is 1. The summed E-state index contributed by atoms with van der Waals surface area (Å²) in [6, 6.07) is 3.89. The van der Waals surface area contributed by atoms with Crippen molar-refractivity contribution in [1.29, 1.82) is 0 Å². The van der Waals surface area contributed by atoms with Gasteiger partial charge in [0.05, 0.1) is 24.0 Å². The van der Waals surface area contributed by atoms with Gasteiger partial charge in [0, 0.05) is 23.9 Å². The van der Waals surface area contributed by atoms with Crippen LogP contribution in [0.4, 0.5) is 10.2 Å². The number of ether oxygens (including phenoxy) is 1. The summed E-state index contributed by atoms with van der Waals surface area (Å²) in [5, 5.41) is 3.70. The topological polar surface area (TPSA) is 97.4 Å². The van der Waals surface area contributed by atoms with Gasteiger partial charge in [0.1, 0.15) is 17.4 Å². The van der Waals surface area contributed by atoms with Crippen LogP contribution < -0.4 is 14.8 Å². The van der Waals surface area contributed by atoms with E-state index in [1.54, 1.807) is 17.0 Å². The maximum atomic E-state index is 14.7. The average Bonchev–Trinajstić information content (AvgIpc) is 2.72. The lowest BCUT2D eigenvalue weighted by Gasteiger charge is -2.34. The summed E-state index contributed by atoms with van der Waals surface area (Å²) in [5.41, 5.74) is 0.787. The fourth-order valence-electron chi connectivity index (χ4n) is 3.96. The molecule has 1 saturated carbocycles. The molecule has 0 bridgehead atoms. The van der Waals surface area contributed by atoms with Crippen LogP contribution in [0.3, 0.4) is 0 Å². The van der Waals surface area contributed by atoms with Gasteiger partial charge in [0.25, 0.3) is 5.91 Å². The number of anilines is 1. The normalized spacial score (nSPS) is 16.3. The Morgan fingerprint density at radius 3 is 2.52 bits per heavy atom. The van der Waals surface area contributed by atoms with E-state index in [9.17, 15) is 17.6 Å². The van der Waals surface area contributed by atoms with Crippen LogP contribution in [0, 0.1) is 17.2 Å². The third kappa shape index (κ3) is 6.57. The molecular weight excluding hydrogens is 469 g/mol. The Morgan fingerprint density at radius 2 is 1.94 bits per heavy atom. The Hall–Kier alpha value is -2.39. The van der Waals surface area contributed by atoms with Crippen LogP contribution in [0.2, 0.25) is 5.02 Å². The van der Waals surface area contributed by atoms with E-state index in [4.69, 9.17) is 16.3 Å². The Labute approximate surface area is 199 Å². The van der Waals surface area contributed by atoms with Gasteiger partial charge >= 0.3 is 0 Å². The van der Waals surface area contributed by atoms with E-state index in [0.717, 1.165) is 37.8 Å². The summed E-state index contributed by atoms with van der Waals surface area (Å²) < 4.78 is 44.3. The predicted octanol–water partition coefficient (Wildman–Crippen LogP) is 4.87. The van der Waals surface area contributed by atoms with Crippen molar-refractivity contribution in [2.45, 2.75) is 39.5 Å². The van der Waals surface area contributed by atoms with E-state index in [1.807, 2.05) is 0 Å². The molecule has 180 valence electrons. The first-order valence-corrected chi connectivity index (χ1v) is 12.9. The zero-order valence-electron chi connectivity index (χ0n) is 19.2. The lowest BCUT2D eigenvalue weighted by molar-refractivity contribution is 0.0977. The largest absolute Gasteiger partial charge is 0.496 e. The zero-order valence-corrected chi connectivity index (χ0v) is 20.7. The molecule has 0 aliphatic heterocycles. The molecule has 10 heteroatoms. The van der Waals surface area contributed by atoms with Crippen molar-refractivity contribution in [3.8, 4) is 16.9 Å². The molecule has 0 saturated heterocycles. The molecule has 1 fully saturated rings. The highest BCUT2D eigenvalue weighted by Gasteiger charge is 2.27. The summed E-state index contributed by atoms with van der Waals surface area (Å²) in [4.78, 5) is 16.5. The number of nitrogens with zero attached hydrogens (tertiary/aromatic N) is 1. The van der Waals surface area contributed by atoms with E-state index >= 15 is 0 Å². The van der Waals surface area contributed by atoms with Gasteiger partial charge in [-0.25, -0.2) is 22.5 Å². The van der Waals surface area contributed by atoms with E-state index in [-0.39, 0.29) is 5.75 Å². The number of pyridine rings is 1. The van der Waals surface area contributed by atoms with Crippen molar-refractivity contribution < 1.29 is 22.3 Å². The molecule has 2 aromatic rings. The monoisotopic (exact) mass is 497 g/mol. The first-order chi connectivity index (χ1) is 15.4. The molecule has 1 aliphatic carbocycles. The number of rotatable bonds is 7. The number of hydrogen-bond acceptors (Lipinski definition) is 6. The number of sulfonamides is 1. The smallest absolute Gasteiger partial charge is 0.267 e. The molecule has 0 atom stereocenters. The maximum absolute atomic E-state index is 14.7. The van der Waals surface area contributed by atoms with Gasteiger partial charge in [0.2, 0.25) is 10.0 Å². The predicted molar refractivity (Wildman–Crippen MR) is 128 cm³/mol. The molecule has 3 rings (SSSR count). The number of hydrogen-bond donors (Lipinski definition) is 2. The van der Waals surface area contributed by atoms with Crippen LogP contribution >= 0.6 is 11.6 Å². The second-order valence-corrected chi connectivity index (χ2v) is 11.4. The summed E-state index contributed by atoms with van der Waals surface area (Å²) in [5.74, 6) is -0.685. The van der Waals surface area contributed by atoms with Crippen molar-refractivity contribution >= 4 is 33.3 Å². The molecule has 1 aliphatic rings. The van der Waals surface area contributed by atoms with Gasteiger partial charge < -0.3 is 10.1 Å². The minimum absolute atomic E-state index is 0.179. The lowest BCUT2D eigenvalue weighted by atomic mass is 9.73. The van der Waals surface area contributed by atoms with Crippen LogP contribution in [0.15, 0.2) is 24.4 Å². The molecule has 0 spiro atoms. The summed E-state index contributed by atoms with van der Waals surface area (Å²) >= 11 is 6.44. The third-order valence-corrected chi connectivity index (χ3v) is 6.83. The Balaban J connectivity index is 1.78. The Morgan fingerprint density at radius 1 is 1.27 bits per heavy atom. The van der Waals surface area contributed by atoms with Gasteiger partial charge in [-0.15, -0.1) is 0 Å². The summed E-state index contributed by atoms with van der Waals surface area (Å²) in [6.07, 6.45) is 7.07. The Kier molecular flexibility index (Phi) is 7.53. The second-order valence-electron chi connectivity index (χ2n) is 9.28. The fraction of sp³-hybridized carbons (Fsp3) is 0.478. The van der Waals surface area contributed by atoms with Gasteiger partial charge in [-0.05, 0) is 55.2 Å². The number of carbonyl (C=O) groups is 1. The Bertz CT molecular complexity index is 1140. The van der Waals surface area contributed by atoms with Crippen molar-refractivity contribution in [2.75, 3.05) is 25.2 Å². The molecule has 1 heterocycles. The van der Waals surface area contributed by atoms with Gasteiger partial charge in [-0.1, -0.05) is 25.4 Å². The SMILES string of the molecule is COc1cc(C(=O)NS(C)(=O)=O)c(F)cc1-c1cnc(NCC2CCC(C)(C)CC2)c(Cl)c1. The number of halogens is 2. The van der Waals surface area contributed by atoms with Crippen molar-refractivity contribution in [1.82, 2.24) is 9.71 Å². The zero-order chi connectivity index (χ0) is 24.4. The number of aromatic nitrogens is 1. The molecule has 2 N–H and O–H groups in total. The van der Waals surface area contributed by atoms with Crippen molar-refractivity contribution in [2.24, 2.45) is 11.3 Å². The highest BCUT2D eigenvalue weighted by molar-refractivity contribution is 7.89. The van der Waals surface area contributed by atoms with Gasteiger partial charge in [-0.3, -0.25) is 4.79 Å². The third-order valence-electron chi connectivity index (χ3n) is 5.98. The number of benzene rings is 1. The van der Waals surface area contributed by atoms with Crippen molar-refractivity contribution in [3.63, 3.8) is 0 Å². The molecule has 1 aromatic carbocycles. The van der Waals surface area contributed by atoms with Gasteiger partial charge in [-0.2, -0.15) is 0 Å². The van der Waals surface area contributed by atoms with E-state index in [1.165, 1.54) is 20.0 Å². The fourth-order valence-corrected chi connectivity index (χ4v) is 4.64. The molecule has 33 heavy (non-hydrogen) atoms. The molecule has 0 radical (unpaired) electrons. The summed E-state index contributed by atoms with van der Waals surface area (Å²) in [6.45, 7) is 5.38. The van der Waals surface area contributed by atoms with E-state index < -0.39 is 27.3 Å². The quantitative estimate of drug-likeness (QED) is 0.566. The first kappa shape index (κ1) is 25.2. The molecule has 1 aromatic heterocycles. The molecule has 0 unspecified atom stereocenters. The van der Waals surface area contributed by atoms with E-state index in [0.29, 0.717) is 33.3 Å². The number of nitrogens with one attached hydrogen (secondary N) is 2. The van der Waals surface area contributed by atoms with Crippen LogP contribution in [0.25, 0.3) is 11.1 Å². The molecule has 1 amide bonds. The highest BCUT2D eigenvalue weighted by Crippen LogP contribution is 2.38. The van der Waals surface area contributed by atoms with Crippen LogP contribution in [-0.4, -0.2) is 39.2 Å². The van der Waals surface area contributed by atoms with Crippen LogP contribution in [0.5, 0.6) is 5.75 Å². The van der Waals surface area contributed by atoms with Crippen LogP contribution in [-0.2, 0) is 10.0 Å². The minimum Gasteiger partial charge on any atom is -0.496 e. The lowest BCUT2D eigenvalue weighted by Crippen LogP contribution is -2.30. The number of amides is 1. The maximum Gasteiger partial charge on any atom is 0.267 e. The first-order valence-electron chi connectivity index (χ1n) is 10.7. The van der Waals surface area contributed by atoms with E-state index in [2.05, 4.69) is 24.1 Å². The summed E-state index contributed by atoms with van der Waals surface area (Å²) in [7, 11) is -2.48. The molecular formula is C23H29ClFN3O4S. The van der Waals surface area contributed by atoms with Gasteiger partial charge in [0.15, 0.2) is 0 Å². The average molecular weight is 498 g/mol. The standard InChI is InChI=1S/C23H29ClFN3O4S/c1-23(2)7-5-14(6-8-23)12-26-21-18(24)9-15(13-27-21)16-10-19(25)17(11-20(16)32-3)22(29)28-33(4,30)31/h9-11,13-14H,5-8,12H2,1-4H3,(H,26,27)(H,28,29). The highest BCUT2D eigenvalue weighted by atomic mass is 35.5. The molecule has 7 nitrogen and oxygen atoms in total. The second kappa shape index (κ2) is 9.85. The number of methoxy groups -OCH3 is 1. The minimum atomic E-state index is -3.84. The van der Waals surface area contributed by atoms with Crippen molar-refractivity contribution in [3.05, 3.63) is 40.8 Å². The van der Waals surface area contributed by atoms with Crippen LogP contribution in [0.1, 0.15) is 49.9 Å².